The zero-order valence-electron chi connectivity index (χ0n) is 17.3. The highest BCUT2D eigenvalue weighted by atomic mass is 28.4. The lowest BCUT2D eigenvalue weighted by Gasteiger charge is -2.23. The first kappa shape index (κ1) is 20.6. The van der Waals surface area contributed by atoms with Gasteiger partial charge in [-0.1, -0.05) is 19.6 Å². The number of fused-ring (bicyclic) bond motifs is 1. The van der Waals surface area contributed by atoms with Crippen molar-refractivity contribution in [2.75, 3.05) is 13.7 Å². The molecule has 0 fully saturated rings. The third kappa shape index (κ3) is 4.91. The van der Waals surface area contributed by atoms with Crippen LogP contribution in [0.2, 0.25) is 39.3 Å². The summed E-state index contributed by atoms with van der Waals surface area (Å²) in [6, 6.07) is 4.22. The molecule has 1 amide bonds. The topological polar surface area (TPSA) is 52.5 Å². The van der Waals surface area contributed by atoms with Gasteiger partial charge in [0.25, 0.3) is 0 Å². The van der Waals surface area contributed by atoms with Gasteiger partial charge >= 0.3 is 0 Å². The van der Waals surface area contributed by atoms with E-state index in [1.807, 2.05) is 0 Å². The van der Waals surface area contributed by atoms with E-state index >= 15 is 0 Å². The molecule has 0 spiro atoms. The van der Waals surface area contributed by atoms with E-state index in [1.165, 1.54) is 16.5 Å². The van der Waals surface area contributed by atoms with E-state index in [9.17, 15) is 4.79 Å². The van der Waals surface area contributed by atoms with E-state index in [4.69, 9.17) is 9.16 Å². The quantitative estimate of drug-likeness (QED) is 0.718. The molecular weight excluding hydrogens is 360 g/mol. The van der Waals surface area contributed by atoms with Crippen molar-refractivity contribution in [1.82, 2.24) is 9.55 Å². The maximum atomic E-state index is 11.2. The number of nitrogens with one attached hydrogen (secondary N) is 1. The summed E-state index contributed by atoms with van der Waals surface area (Å²) < 4.78 is 14.3. The van der Waals surface area contributed by atoms with Gasteiger partial charge in [0.2, 0.25) is 14.2 Å². The number of aromatic nitrogens is 1. The maximum Gasteiger partial charge on any atom is 0.242 e. The van der Waals surface area contributed by atoms with Gasteiger partial charge in [0, 0.05) is 30.4 Å². The first-order valence-corrected chi connectivity index (χ1v) is 15.9. The Bertz CT molecular complexity index is 802. The van der Waals surface area contributed by atoms with E-state index in [0.717, 1.165) is 17.9 Å². The largest absolute Gasteiger partial charge is 0.542 e. The molecule has 0 bridgehead atoms. The SMILES string of the molecule is COc1cc2c(CCNC(C)=O)cn([Si](C)(C)C)c2cc1O[Si](C)(C)C. The van der Waals surface area contributed by atoms with Crippen LogP contribution in [0.5, 0.6) is 11.5 Å². The number of methoxy groups -OCH3 is 1. The van der Waals surface area contributed by atoms with Gasteiger partial charge in [-0.05, 0) is 43.9 Å². The highest BCUT2D eigenvalue weighted by Crippen LogP contribution is 2.37. The number of benzene rings is 1. The van der Waals surface area contributed by atoms with Crippen molar-refractivity contribution in [1.29, 1.82) is 0 Å². The Hall–Kier alpha value is -1.74. The smallest absolute Gasteiger partial charge is 0.242 e. The second kappa shape index (κ2) is 7.48. The minimum absolute atomic E-state index is 0.00216. The number of hydrogen-bond donors (Lipinski definition) is 1. The molecule has 1 aromatic heterocycles. The maximum absolute atomic E-state index is 11.2. The highest BCUT2D eigenvalue weighted by Gasteiger charge is 2.24. The summed E-state index contributed by atoms with van der Waals surface area (Å²) in [5.74, 6) is 1.60. The van der Waals surface area contributed by atoms with Gasteiger partial charge in [0.05, 0.1) is 7.11 Å². The molecule has 1 heterocycles. The van der Waals surface area contributed by atoms with Gasteiger partial charge in [-0.25, -0.2) is 0 Å². The number of ether oxygens (including phenoxy) is 1. The van der Waals surface area contributed by atoms with Crippen LogP contribution in [0.15, 0.2) is 18.3 Å². The average Bonchev–Trinajstić information content (AvgIpc) is 2.82. The van der Waals surface area contributed by atoms with Crippen LogP contribution in [0.25, 0.3) is 10.9 Å². The van der Waals surface area contributed by atoms with E-state index in [1.54, 1.807) is 14.0 Å². The Morgan fingerprint density at radius 2 is 1.77 bits per heavy atom. The van der Waals surface area contributed by atoms with Crippen LogP contribution in [0.3, 0.4) is 0 Å². The normalized spacial score (nSPS) is 12.3. The van der Waals surface area contributed by atoms with Crippen LogP contribution in [-0.2, 0) is 11.2 Å². The van der Waals surface area contributed by atoms with Crippen LogP contribution in [0, 0.1) is 0 Å². The minimum atomic E-state index is -1.75. The van der Waals surface area contributed by atoms with Crippen LogP contribution in [-0.4, -0.2) is 40.3 Å². The summed E-state index contributed by atoms with van der Waals surface area (Å²) in [6.07, 6.45) is 3.04. The molecule has 0 unspecified atom stereocenters. The molecule has 1 N–H and O–H groups in total. The van der Waals surface area contributed by atoms with E-state index in [-0.39, 0.29) is 5.91 Å². The number of rotatable bonds is 7. The zero-order valence-corrected chi connectivity index (χ0v) is 19.3. The summed E-state index contributed by atoms with van der Waals surface area (Å²) in [7, 11) is -1.67. The lowest BCUT2D eigenvalue weighted by Crippen LogP contribution is -2.31. The molecule has 0 saturated carbocycles. The average molecular weight is 393 g/mol. The Morgan fingerprint density at radius 1 is 1.12 bits per heavy atom. The molecule has 0 aliphatic heterocycles. The molecule has 26 heavy (non-hydrogen) atoms. The third-order valence-electron chi connectivity index (χ3n) is 4.08. The van der Waals surface area contributed by atoms with Crippen molar-refractivity contribution in [3.63, 3.8) is 0 Å². The van der Waals surface area contributed by atoms with Gasteiger partial charge < -0.3 is 18.7 Å². The van der Waals surface area contributed by atoms with Gasteiger partial charge in [0.15, 0.2) is 14.0 Å². The molecule has 0 radical (unpaired) electrons. The summed E-state index contributed by atoms with van der Waals surface area (Å²) in [6.45, 7) is 15.7. The fraction of sp³-hybridized carbons (Fsp3) is 0.526. The fourth-order valence-corrected chi connectivity index (χ4v) is 5.27. The Morgan fingerprint density at radius 3 is 2.27 bits per heavy atom. The van der Waals surface area contributed by atoms with E-state index in [2.05, 4.69) is 67.2 Å². The van der Waals surface area contributed by atoms with Crippen molar-refractivity contribution in [3.8, 4) is 11.5 Å². The first-order chi connectivity index (χ1) is 11.9. The number of carbonyl (C=O) groups excluding carboxylic acids is 1. The molecule has 0 atom stereocenters. The third-order valence-corrected chi connectivity index (χ3v) is 6.73. The zero-order chi connectivity index (χ0) is 19.7. The number of amides is 1. The Labute approximate surface area is 158 Å². The molecule has 5 nitrogen and oxygen atoms in total. The lowest BCUT2D eigenvalue weighted by molar-refractivity contribution is -0.118. The van der Waals surface area contributed by atoms with E-state index < -0.39 is 16.6 Å². The van der Waals surface area contributed by atoms with E-state index in [0.29, 0.717) is 6.54 Å². The standard InChI is InChI=1S/C19H32N2O3Si2/c1-14(22)20-10-9-15-13-21(25(3,4)5)17-12-19(24-26(6,7)8)18(23-2)11-16(15)17/h11-13H,9-10H2,1-8H3,(H,20,22). The summed E-state index contributed by atoms with van der Waals surface area (Å²) in [5.41, 5.74) is 2.42. The van der Waals surface area contributed by atoms with Crippen LogP contribution in [0.1, 0.15) is 12.5 Å². The molecule has 0 aliphatic carbocycles. The Balaban J connectivity index is 2.58. The van der Waals surface area contributed by atoms with Gasteiger partial charge in [0.1, 0.15) is 5.75 Å². The molecule has 2 rings (SSSR count). The molecule has 2 aromatic rings. The monoisotopic (exact) mass is 392 g/mol. The second-order valence-corrected chi connectivity index (χ2v) is 17.9. The van der Waals surface area contributed by atoms with Crippen molar-refractivity contribution in [2.45, 2.75) is 52.6 Å². The molecule has 1 aromatic carbocycles. The molecule has 7 heteroatoms. The molecule has 0 aliphatic rings. The predicted molar refractivity (Wildman–Crippen MR) is 114 cm³/mol. The predicted octanol–water partition coefficient (Wildman–Crippen LogP) is 4.23. The molecule has 0 saturated heterocycles. The van der Waals surface area contributed by atoms with Crippen molar-refractivity contribution < 1.29 is 14.0 Å². The van der Waals surface area contributed by atoms with Crippen molar-refractivity contribution in [2.24, 2.45) is 0 Å². The van der Waals surface area contributed by atoms with Crippen molar-refractivity contribution in [3.05, 3.63) is 23.9 Å². The number of carbonyl (C=O) groups is 1. The summed E-state index contributed by atoms with van der Waals surface area (Å²) >= 11 is 0. The number of hydrogen-bond acceptors (Lipinski definition) is 3. The summed E-state index contributed by atoms with van der Waals surface area (Å²) in [4.78, 5) is 11.2. The van der Waals surface area contributed by atoms with Crippen LogP contribution < -0.4 is 14.5 Å². The highest BCUT2D eigenvalue weighted by molar-refractivity contribution is 6.75. The second-order valence-electron chi connectivity index (χ2n) is 8.66. The van der Waals surface area contributed by atoms with Crippen LogP contribution in [0.4, 0.5) is 0 Å². The summed E-state index contributed by atoms with van der Waals surface area (Å²) in [5, 5.41) is 4.07. The minimum Gasteiger partial charge on any atom is -0.542 e. The molecule has 144 valence electrons. The lowest BCUT2D eigenvalue weighted by atomic mass is 10.1. The van der Waals surface area contributed by atoms with Gasteiger partial charge in [-0.3, -0.25) is 4.79 Å². The van der Waals surface area contributed by atoms with Crippen molar-refractivity contribution >= 4 is 33.4 Å². The van der Waals surface area contributed by atoms with Crippen LogP contribution >= 0.6 is 0 Å². The Kier molecular flexibility index (Phi) is 5.92. The fourth-order valence-electron chi connectivity index (χ4n) is 3.00. The first-order valence-electron chi connectivity index (χ1n) is 9.08. The molecular formula is C19H32N2O3Si2. The number of nitrogens with zero attached hydrogens (tertiary/aromatic N) is 1. The van der Waals surface area contributed by atoms with Gasteiger partial charge in [-0.15, -0.1) is 0 Å². The van der Waals surface area contributed by atoms with Gasteiger partial charge in [-0.2, -0.15) is 0 Å².